The molecule has 3 heterocycles. The second-order valence-corrected chi connectivity index (χ2v) is 6.42. The van der Waals surface area contributed by atoms with Crippen LogP contribution in [0.2, 0.25) is 0 Å². The van der Waals surface area contributed by atoms with E-state index in [0.29, 0.717) is 48.5 Å². The number of hydrazone groups is 1. The minimum Gasteiger partial charge on any atom is -0.488 e. The highest BCUT2D eigenvalue weighted by Crippen LogP contribution is 2.35. The van der Waals surface area contributed by atoms with Crippen LogP contribution in [0.15, 0.2) is 33.2 Å². The molecule has 1 N–H and O–H groups in total. The summed E-state index contributed by atoms with van der Waals surface area (Å²) in [6.45, 7) is 9.22. The quantitative estimate of drug-likeness (QED) is 0.300. The lowest BCUT2D eigenvalue weighted by atomic mass is 10.0. The van der Waals surface area contributed by atoms with Crippen molar-refractivity contribution in [3.8, 4) is 23.0 Å². The molecule has 0 fully saturated rings. The van der Waals surface area contributed by atoms with Crippen LogP contribution < -0.4 is 20.3 Å². The van der Waals surface area contributed by atoms with Gasteiger partial charge in [0.1, 0.15) is 0 Å². The number of pyridine rings is 2. The first kappa shape index (κ1) is 24.1. The van der Waals surface area contributed by atoms with Crippen molar-refractivity contribution < 1.29 is 14.2 Å². The predicted octanol–water partition coefficient (Wildman–Crippen LogP) is 2.50. The van der Waals surface area contributed by atoms with Crippen LogP contribution in [0.3, 0.4) is 0 Å². The molecule has 0 spiro atoms. The van der Waals surface area contributed by atoms with Crippen molar-refractivity contribution in [1.29, 1.82) is 0 Å². The second kappa shape index (κ2) is 11.8. The average molecular weight is 430 g/mol. The van der Waals surface area contributed by atoms with E-state index >= 15 is 0 Å². The summed E-state index contributed by atoms with van der Waals surface area (Å²) in [5.74, 6) is 1.35. The molecule has 0 aromatic carbocycles. The van der Waals surface area contributed by atoms with E-state index in [1.54, 1.807) is 33.5 Å². The van der Waals surface area contributed by atoms with Crippen molar-refractivity contribution in [1.82, 2.24) is 15.0 Å². The van der Waals surface area contributed by atoms with Gasteiger partial charge in [-0.3, -0.25) is 15.2 Å². The third kappa shape index (κ3) is 5.49. The Morgan fingerprint density at radius 1 is 1.29 bits per heavy atom. The molecule has 0 saturated carbocycles. The Bertz CT molecular complexity index is 985. The molecular formula is C22H31N5O4. The van der Waals surface area contributed by atoms with Crippen molar-refractivity contribution in [2.45, 2.75) is 33.2 Å². The average Bonchev–Trinajstić information content (AvgIpc) is 2.80. The minimum absolute atomic E-state index is 0.179. The van der Waals surface area contributed by atoms with Gasteiger partial charge in [0.05, 0.1) is 30.7 Å². The first-order chi connectivity index (χ1) is 15.1. The fourth-order valence-corrected chi connectivity index (χ4v) is 3.25. The third-order valence-corrected chi connectivity index (χ3v) is 4.63. The van der Waals surface area contributed by atoms with Crippen LogP contribution in [0.5, 0.6) is 11.6 Å². The van der Waals surface area contributed by atoms with E-state index in [0.717, 1.165) is 24.1 Å². The number of hydrogen-bond donors (Lipinski definition) is 1. The van der Waals surface area contributed by atoms with Crippen LogP contribution in [0.25, 0.3) is 11.4 Å². The Kier molecular flexibility index (Phi) is 9.20. The Labute approximate surface area is 182 Å². The van der Waals surface area contributed by atoms with E-state index in [9.17, 15) is 4.79 Å². The molecule has 0 bridgehead atoms. The van der Waals surface area contributed by atoms with E-state index in [-0.39, 0.29) is 5.43 Å². The van der Waals surface area contributed by atoms with Gasteiger partial charge in [-0.25, -0.2) is 4.98 Å². The van der Waals surface area contributed by atoms with Gasteiger partial charge >= 0.3 is 0 Å². The molecular weight excluding hydrogens is 398 g/mol. The predicted molar refractivity (Wildman–Crippen MR) is 123 cm³/mol. The molecule has 31 heavy (non-hydrogen) atoms. The zero-order valence-corrected chi connectivity index (χ0v) is 18.9. The van der Waals surface area contributed by atoms with Crippen LogP contribution in [0.4, 0.5) is 0 Å². The lowest BCUT2D eigenvalue weighted by molar-refractivity contribution is 0.170. The highest BCUT2D eigenvalue weighted by atomic mass is 16.5. The Balaban J connectivity index is 0.00000166. The molecule has 0 aliphatic carbocycles. The second-order valence-electron chi connectivity index (χ2n) is 6.42. The molecule has 0 saturated heterocycles. The van der Waals surface area contributed by atoms with Crippen molar-refractivity contribution in [2.75, 3.05) is 34.5 Å². The van der Waals surface area contributed by atoms with E-state index in [2.05, 4.69) is 27.2 Å². The van der Waals surface area contributed by atoms with Gasteiger partial charge in [-0.15, -0.1) is 0 Å². The zero-order chi connectivity index (χ0) is 22.8. The maximum atomic E-state index is 12.7. The SMILES string of the molecule is C=NNC(=NC)c1cn2c(cc1=O)-c1nc(OC)c(OCCCOC)cc1CC2.CC. The van der Waals surface area contributed by atoms with Crippen LogP contribution in [-0.2, 0) is 17.7 Å². The topological polar surface area (TPSA) is 99.3 Å². The lowest BCUT2D eigenvalue weighted by Gasteiger charge is -2.23. The van der Waals surface area contributed by atoms with Gasteiger partial charge in [0, 0.05) is 52.7 Å². The van der Waals surface area contributed by atoms with Crippen LogP contribution in [0.1, 0.15) is 31.4 Å². The highest BCUT2D eigenvalue weighted by Gasteiger charge is 2.23. The molecule has 2 aromatic heterocycles. The highest BCUT2D eigenvalue weighted by molar-refractivity contribution is 5.98. The number of aliphatic imine (C=N–C) groups is 1. The van der Waals surface area contributed by atoms with Gasteiger partial charge in [0.25, 0.3) is 5.88 Å². The number of methoxy groups -OCH3 is 2. The number of hydrogen-bond acceptors (Lipinski definition) is 7. The number of fused-ring (bicyclic) bond motifs is 3. The smallest absolute Gasteiger partial charge is 0.257 e. The van der Waals surface area contributed by atoms with Crippen molar-refractivity contribution >= 4 is 12.6 Å². The summed E-state index contributed by atoms with van der Waals surface area (Å²) >= 11 is 0. The minimum atomic E-state index is -0.179. The van der Waals surface area contributed by atoms with Crippen molar-refractivity contribution in [2.24, 2.45) is 10.1 Å². The summed E-state index contributed by atoms with van der Waals surface area (Å²) in [6, 6.07) is 3.51. The molecule has 9 heteroatoms. The van der Waals surface area contributed by atoms with E-state index in [1.807, 2.05) is 24.5 Å². The summed E-state index contributed by atoms with van der Waals surface area (Å²) in [5, 5.41) is 3.61. The first-order valence-corrected chi connectivity index (χ1v) is 10.3. The molecule has 0 atom stereocenters. The molecule has 0 radical (unpaired) electrons. The summed E-state index contributed by atoms with van der Waals surface area (Å²) in [6.07, 6.45) is 3.29. The molecule has 168 valence electrons. The van der Waals surface area contributed by atoms with E-state index in [1.165, 1.54) is 0 Å². The van der Waals surface area contributed by atoms with Gasteiger partial charge in [0.2, 0.25) is 0 Å². The normalized spacial score (nSPS) is 12.1. The van der Waals surface area contributed by atoms with Gasteiger partial charge in [-0.1, -0.05) is 13.8 Å². The number of aromatic nitrogens is 2. The summed E-state index contributed by atoms with van der Waals surface area (Å²) < 4.78 is 18.3. The van der Waals surface area contributed by atoms with E-state index < -0.39 is 0 Å². The maximum Gasteiger partial charge on any atom is 0.257 e. The van der Waals surface area contributed by atoms with Crippen LogP contribution in [0, 0.1) is 0 Å². The van der Waals surface area contributed by atoms with Crippen LogP contribution >= 0.6 is 0 Å². The zero-order valence-electron chi connectivity index (χ0n) is 18.9. The van der Waals surface area contributed by atoms with E-state index in [4.69, 9.17) is 14.2 Å². The largest absolute Gasteiger partial charge is 0.488 e. The molecule has 3 rings (SSSR count). The van der Waals surface area contributed by atoms with Crippen molar-refractivity contribution in [3.63, 3.8) is 0 Å². The van der Waals surface area contributed by atoms with Crippen LogP contribution in [-0.4, -0.2) is 56.6 Å². The van der Waals surface area contributed by atoms with Crippen molar-refractivity contribution in [3.05, 3.63) is 39.7 Å². The summed E-state index contributed by atoms with van der Waals surface area (Å²) in [7, 11) is 4.80. The first-order valence-electron chi connectivity index (χ1n) is 10.3. The van der Waals surface area contributed by atoms with Gasteiger partial charge in [-0.05, 0) is 18.1 Å². The number of nitrogens with one attached hydrogen (secondary N) is 1. The maximum absolute atomic E-state index is 12.7. The Morgan fingerprint density at radius 2 is 2.06 bits per heavy atom. The molecule has 9 nitrogen and oxygen atoms in total. The number of ether oxygens (including phenoxy) is 3. The monoisotopic (exact) mass is 429 g/mol. The summed E-state index contributed by atoms with van der Waals surface area (Å²) in [5.41, 5.74) is 5.36. The molecule has 0 amide bonds. The molecule has 2 aromatic rings. The lowest BCUT2D eigenvalue weighted by Crippen LogP contribution is -2.28. The molecule has 1 aliphatic heterocycles. The Hall–Kier alpha value is -3.20. The standard InChI is InChI=1S/C20H25N5O4.C2H6/c1-21-19(24-22-2)14-12-25-7-6-13-10-17(29-9-5-8-27-3)20(28-4)23-18(13)15(25)11-16(14)26;1-2/h10-12H,2,5-9H2,1,3-4H3,(H,21,24);1-2H3. The van der Waals surface area contributed by atoms with Gasteiger partial charge in [0.15, 0.2) is 17.0 Å². The molecule has 0 unspecified atom stereocenters. The van der Waals surface area contributed by atoms with Gasteiger partial charge in [-0.2, -0.15) is 5.10 Å². The van der Waals surface area contributed by atoms with Gasteiger partial charge < -0.3 is 18.8 Å². The third-order valence-electron chi connectivity index (χ3n) is 4.63. The fourth-order valence-electron chi connectivity index (χ4n) is 3.25. The number of nitrogens with zero attached hydrogens (tertiary/aromatic N) is 4. The number of amidine groups is 1. The number of aryl methyl sites for hydroxylation is 2. The molecule has 1 aliphatic rings. The summed E-state index contributed by atoms with van der Waals surface area (Å²) in [4.78, 5) is 21.4. The fraction of sp³-hybridized carbons (Fsp3) is 0.455. The Morgan fingerprint density at radius 3 is 2.71 bits per heavy atom. The number of rotatable bonds is 8.